The second-order valence-electron chi connectivity index (χ2n) is 11.0. The fourth-order valence-electron chi connectivity index (χ4n) is 4.62. The molecule has 0 fully saturated rings. The largest absolute Gasteiger partial charge is 0.464 e. The summed E-state index contributed by atoms with van der Waals surface area (Å²) in [7, 11) is 0. The van der Waals surface area contributed by atoms with Gasteiger partial charge in [0.15, 0.2) is 0 Å². The summed E-state index contributed by atoms with van der Waals surface area (Å²) in [6, 6.07) is 17.6. The van der Waals surface area contributed by atoms with E-state index in [-0.39, 0.29) is 38.4 Å². The summed E-state index contributed by atoms with van der Waals surface area (Å²) in [6.45, 7) is 0.243. The minimum atomic E-state index is -0.969. The minimum Gasteiger partial charge on any atom is -0.464 e. The van der Waals surface area contributed by atoms with Crippen molar-refractivity contribution in [3.63, 3.8) is 0 Å². The van der Waals surface area contributed by atoms with Gasteiger partial charge in [-0.3, -0.25) is 9.59 Å². The van der Waals surface area contributed by atoms with Crippen LogP contribution in [0.2, 0.25) is 0 Å². The molecule has 1 N–H and O–H groups in total. The van der Waals surface area contributed by atoms with Crippen molar-refractivity contribution in [2.24, 2.45) is 9.98 Å². The summed E-state index contributed by atoms with van der Waals surface area (Å²) in [5.74, 6) is -1.24. The fraction of sp³-hybridized carbons (Fsp3) is 0.324. The Morgan fingerprint density at radius 1 is 0.686 bits per heavy atom. The van der Waals surface area contributed by atoms with Crippen LogP contribution in [0.1, 0.15) is 67.3 Å². The van der Waals surface area contributed by atoms with Gasteiger partial charge in [0.05, 0.1) is 30.2 Å². The second-order valence-corrected chi connectivity index (χ2v) is 11.0. The van der Waals surface area contributed by atoms with Gasteiger partial charge in [0.25, 0.3) is 6.26 Å². The Morgan fingerprint density at radius 3 is 1.86 bits per heavy atom. The maximum absolute atomic E-state index is 13.0. The molecule has 1 atom stereocenters. The standard InChI is InChI=1S/C37H36N4O10/c38-24-50-31-17-9-27(10-18-31)23-33(37(47)49-22-6-2-4-8-35(45)51-32-19-15-30(16-20-32)40-26-43)41-34(44)7-3-1-5-21-48-36(46)28-11-13-29(14-12-28)39-25-42/h9-20,33H,1-8,21-23H2,(H,41,44). The van der Waals surface area contributed by atoms with Crippen LogP contribution >= 0.6 is 0 Å². The molecule has 0 saturated carbocycles. The zero-order chi connectivity index (χ0) is 36.7. The molecule has 0 aliphatic carbocycles. The van der Waals surface area contributed by atoms with Crippen molar-refractivity contribution in [1.29, 1.82) is 5.26 Å². The normalized spacial score (nSPS) is 10.6. The van der Waals surface area contributed by atoms with Crippen LogP contribution < -0.4 is 14.8 Å². The maximum Gasteiger partial charge on any atom is 0.338 e. The van der Waals surface area contributed by atoms with E-state index < -0.39 is 23.9 Å². The monoisotopic (exact) mass is 696 g/mol. The minimum absolute atomic E-state index is 0.0868. The highest BCUT2D eigenvalue weighted by molar-refractivity contribution is 5.89. The van der Waals surface area contributed by atoms with Gasteiger partial charge in [-0.25, -0.2) is 19.2 Å². The number of amides is 1. The van der Waals surface area contributed by atoms with E-state index in [4.69, 9.17) is 24.2 Å². The van der Waals surface area contributed by atoms with E-state index >= 15 is 0 Å². The number of unbranched alkanes of at least 4 members (excludes halogenated alkanes) is 4. The van der Waals surface area contributed by atoms with Crippen LogP contribution in [0.15, 0.2) is 82.8 Å². The number of esters is 3. The van der Waals surface area contributed by atoms with Crippen molar-refractivity contribution in [3.8, 4) is 17.8 Å². The summed E-state index contributed by atoms with van der Waals surface area (Å²) < 4.78 is 20.8. The lowest BCUT2D eigenvalue weighted by atomic mass is 10.1. The molecular weight excluding hydrogens is 660 g/mol. The molecule has 0 aromatic heterocycles. The molecule has 264 valence electrons. The van der Waals surface area contributed by atoms with Crippen LogP contribution in [0.5, 0.6) is 11.5 Å². The number of carbonyl (C=O) groups excluding carboxylic acids is 6. The number of ether oxygens (including phenoxy) is 4. The highest BCUT2D eigenvalue weighted by Crippen LogP contribution is 2.19. The van der Waals surface area contributed by atoms with Gasteiger partial charge in [0, 0.05) is 19.3 Å². The van der Waals surface area contributed by atoms with Crippen molar-refractivity contribution >= 4 is 47.3 Å². The number of hydrogen-bond acceptors (Lipinski definition) is 13. The smallest absolute Gasteiger partial charge is 0.338 e. The summed E-state index contributed by atoms with van der Waals surface area (Å²) in [5.41, 5.74) is 1.79. The molecule has 14 nitrogen and oxygen atoms in total. The van der Waals surface area contributed by atoms with Gasteiger partial charge in [-0.15, -0.1) is 5.26 Å². The van der Waals surface area contributed by atoms with E-state index in [2.05, 4.69) is 15.3 Å². The molecule has 3 aromatic rings. The third-order valence-corrected chi connectivity index (χ3v) is 7.22. The van der Waals surface area contributed by atoms with Crippen LogP contribution in [-0.2, 0) is 39.9 Å². The third-order valence-electron chi connectivity index (χ3n) is 7.22. The lowest BCUT2D eigenvalue weighted by molar-refractivity contribution is -0.148. The van der Waals surface area contributed by atoms with E-state index in [0.717, 1.165) is 0 Å². The zero-order valence-electron chi connectivity index (χ0n) is 27.7. The number of rotatable bonds is 21. The first-order valence-corrected chi connectivity index (χ1v) is 16.2. The number of benzene rings is 3. The average Bonchev–Trinajstić information content (AvgIpc) is 3.13. The summed E-state index contributed by atoms with van der Waals surface area (Å²) in [5, 5.41) is 11.5. The number of aliphatic imine (C=N–C) groups is 2. The number of carbonyl (C=O) groups is 4. The predicted octanol–water partition coefficient (Wildman–Crippen LogP) is 5.63. The van der Waals surface area contributed by atoms with Crippen molar-refractivity contribution in [3.05, 3.63) is 83.9 Å². The number of nitrogens with zero attached hydrogens (tertiary/aromatic N) is 3. The fourth-order valence-corrected chi connectivity index (χ4v) is 4.62. The topological polar surface area (TPSA) is 200 Å². The van der Waals surface area contributed by atoms with E-state index in [0.29, 0.717) is 72.5 Å². The molecule has 3 aromatic carbocycles. The molecular formula is C37H36N4O10. The van der Waals surface area contributed by atoms with Crippen molar-refractivity contribution in [2.45, 2.75) is 63.8 Å². The number of nitriles is 1. The van der Waals surface area contributed by atoms with Crippen molar-refractivity contribution < 1.29 is 47.7 Å². The highest BCUT2D eigenvalue weighted by Gasteiger charge is 2.23. The molecule has 1 unspecified atom stereocenters. The van der Waals surface area contributed by atoms with Gasteiger partial charge in [-0.2, -0.15) is 9.98 Å². The van der Waals surface area contributed by atoms with E-state index in [1.165, 1.54) is 60.7 Å². The molecule has 1 amide bonds. The van der Waals surface area contributed by atoms with Crippen LogP contribution in [0.25, 0.3) is 0 Å². The van der Waals surface area contributed by atoms with Gasteiger partial charge < -0.3 is 24.3 Å². The number of hydrogen-bond donors (Lipinski definition) is 1. The van der Waals surface area contributed by atoms with Crippen molar-refractivity contribution in [1.82, 2.24) is 5.32 Å². The third kappa shape index (κ3) is 15.1. The summed E-state index contributed by atoms with van der Waals surface area (Å²) >= 11 is 0. The van der Waals surface area contributed by atoms with E-state index in [1.807, 2.05) is 0 Å². The van der Waals surface area contributed by atoms with Crippen LogP contribution in [0.4, 0.5) is 11.4 Å². The molecule has 3 rings (SSSR count). The molecule has 51 heavy (non-hydrogen) atoms. The molecule has 0 aliphatic rings. The van der Waals surface area contributed by atoms with E-state index in [1.54, 1.807) is 30.5 Å². The van der Waals surface area contributed by atoms with Crippen molar-refractivity contribution in [2.75, 3.05) is 13.2 Å². The Morgan fingerprint density at radius 2 is 1.25 bits per heavy atom. The Hall–Kier alpha value is -6.41. The lowest BCUT2D eigenvalue weighted by Crippen LogP contribution is -2.43. The molecule has 0 bridgehead atoms. The molecule has 14 heteroatoms. The lowest BCUT2D eigenvalue weighted by Gasteiger charge is -2.18. The van der Waals surface area contributed by atoms with Gasteiger partial charge in [-0.1, -0.05) is 12.1 Å². The SMILES string of the molecule is N#COc1ccc(CC(NC(=O)CCCCCOC(=O)c2ccc(N=C=O)cc2)C(=O)OCCCCCC(=O)Oc2ccc(N=C=O)cc2)cc1. The van der Waals surface area contributed by atoms with Crippen LogP contribution in [0, 0.1) is 11.5 Å². The maximum atomic E-state index is 13.0. The first kappa shape index (κ1) is 39.0. The molecule has 0 saturated heterocycles. The Balaban J connectivity index is 1.39. The van der Waals surface area contributed by atoms with E-state index in [9.17, 15) is 28.8 Å². The predicted molar refractivity (Wildman–Crippen MR) is 181 cm³/mol. The summed E-state index contributed by atoms with van der Waals surface area (Å²) in [6.07, 6.45) is 8.08. The average molecular weight is 697 g/mol. The first-order chi connectivity index (χ1) is 24.8. The molecule has 0 aliphatic heterocycles. The van der Waals surface area contributed by atoms with Gasteiger partial charge in [0.2, 0.25) is 18.1 Å². The van der Waals surface area contributed by atoms with Gasteiger partial charge >= 0.3 is 17.9 Å². The van der Waals surface area contributed by atoms with Crippen LogP contribution in [0.3, 0.4) is 0 Å². The first-order valence-electron chi connectivity index (χ1n) is 16.2. The molecule has 0 spiro atoms. The Bertz CT molecular complexity index is 1740. The Labute approximate surface area is 294 Å². The molecule has 0 heterocycles. The number of isocyanates is 2. The second kappa shape index (κ2) is 22.3. The number of nitrogens with one attached hydrogen (secondary N) is 1. The highest BCUT2D eigenvalue weighted by atomic mass is 16.5. The Kier molecular flexibility index (Phi) is 17.0. The van der Waals surface area contributed by atoms with Gasteiger partial charge in [-0.05, 0) is 105 Å². The van der Waals surface area contributed by atoms with Crippen LogP contribution in [-0.4, -0.2) is 55.2 Å². The quantitative estimate of drug-likeness (QED) is 0.0361. The zero-order valence-corrected chi connectivity index (χ0v) is 27.7. The summed E-state index contributed by atoms with van der Waals surface area (Å²) in [4.78, 5) is 77.7. The molecule has 0 radical (unpaired) electrons. The van der Waals surface area contributed by atoms with Gasteiger partial charge in [0.1, 0.15) is 17.5 Å².